The number of Topliss-reactive ketones (excluding diaryl/α,β-unsaturated/α-hetero) is 1. The highest BCUT2D eigenvalue weighted by atomic mass is 35.6. The second-order valence-electron chi connectivity index (χ2n) is 19.3. The first-order valence-corrected chi connectivity index (χ1v) is 25.4. The van der Waals surface area contributed by atoms with Crippen molar-refractivity contribution in [3.05, 3.63) is 95.1 Å². The van der Waals surface area contributed by atoms with Gasteiger partial charge < -0.3 is 38.0 Å². The molecule has 0 aliphatic heterocycles. The van der Waals surface area contributed by atoms with E-state index in [2.05, 4.69) is 48.1 Å². The third-order valence-corrected chi connectivity index (χ3v) is 20.6. The molecule has 2 fully saturated rings. The summed E-state index contributed by atoms with van der Waals surface area (Å²) in [5, 5.41) is 14.1. The number of benzene rings is 2. The van der Waals surface area contributed by atoms with Gasteiger partial charge in [-0.15, -0.1) is 0 Å². The summed E-state index contributed by atoms with van der Waals surface area (Å²) in [5.74, 6) is -3.66. The van der Waals surface area contributed by atoms with Crippen molar-refractivity contribution in [1.29, 1.82) is 0 Å². The largest absolute Gasteiger partial charge is 0.508 e. The van der Waals surface area contributed by atoms with E-state index in [1.54, 1.807) is 44.2 Å². The summed E-state index contributed by atoms with van der Waals surface area (Å²) in [6.07, 6.45) is -8.16. The van der Waals surface area contributed by atoms with Gasteiger partial charge in [-0.05, 0) is 64.9 Å². The lowest BCUT2D eigenvalue weighted by Crippen LogP contribution is -2.72. The highest BCUT2D eigenvalue weighted by Gasteiger charge is 2.72. The summed E-state index contributed by atoms with van der Waals surface area (Å²) in [6.45, 7) is 24.6. The van der Waals surface area contributed by atoms with Crippen molar-refractivity contribution in [3.8, 4) is 0 Å². The molecule has 0 amide bonds. The summed E-state index contributed by atoms with van der Waals surface area (Å²) in [4.78, 5) is 57.5. The zero-order chi connectivity index (χ0) is 48.4. The molecule has 0 radical (unpaired) electrons. The van der Waals surface area contributed by atoms with Crippen LogP contribution >= 0.6 is 34.8 Å². The Morgan fingerprint density at radius 1 is 0.877 bits per heavy atom. The second-order valence-corrected chi connectivity index (χ2v) is 27.2. The Labute approximate surface area is 399 Å². The van der Waals surface area contributed by atoms with Crippen molar-refractivity contribution in [2.75, 3.05) is 13.4 Å². The molecule has 2 aromatic rings. The summed E-state index contributed by atoms with van der Waals surface area (Å²) in [6, 6.07) is 17.7. The fourth-order valence-electron chi connectivity index (χ4n) is 11.0. The number of rotatable bonds is 15. The van der Waals surface area contributed by atoms with Crippen LogP contribution in [0.1, 0.15) is 105 Å². The molecule has 1 N–H and O–H groups in total. The molecule has 8 atom stereocenters. The molecule has 0 heterocycles. The Bertz CT molecular complexity index is 2070. The van der Waals surface area contributed by atoms with E-state index in [9.17, 15) is 19.5 Å². The molecular formula is C49H65Cl3O12Si. The summed E-state index contributed by atoms with van der Waals surface area (Å²) in [5.41, 5.74) is -2.99. The number of ketones is 1. The van der Waals surface area contributed by atoms with E-state index in [1.165, 1.54) is 13.8 Å². The first-order chi connectivity index (χ1) is 30.2. The van der Waals surface area contributed by atoms with Crippen LogP contribution < -0.4 is 0 Å². The van der Waals surface area contributed by atoms with E-state index in [0.29, 0.717) is 5.57 Å². The monoisotopic (exact) mass is 978 g/mol. The quantitative estimate of drug-likeness (QED) is 0.0344. The Morgan fingerprint density at radius 3 is 1.98 bits per heavy atom. The topological polar surface area (TPSA) is 153 Å². The van der Waals surface area contributed by atoms with E-state index >= 15 is 4.79 Å². The van der Waals surface area contributed by atoms with Gasteiger partial charge in [0.05, 0.1) is 29.8 Å². The SMILES string of the molecule is C=C1[C@H](OCOCc2ccccc2)C[C@H](OC(=O)OCC(Cl)(Cl)Cl)[C@@]2(C)C(=O)[C@H](OC(C)=O)C3=C(C)[C@@H](O[Si](C(C)C)(C(C)C)C(C)C)C[C@@](O)([C@@H](OC(=O)c4ccccc4)[C@H]12)C3(C)C. The minimum Gasteiger partial charge on any atom is -0.455 e. The highest BCUT2D eigenvalue weighted by molar-refractivity contribution is 6.77. The minimum absolute atomic E-state index is 0.105. The van der Waals surface area contributed by atoms with Gasteiger partial charge in [-0.25, -0.2) is 9.59 Å². The van der Waals surface area contributed by atoms with E-state index in [4.69, 9.17) is 67.7 Å². The first-order valence-electron chi connectivity index (χ1n) is 22.1. The van der Waals surface area contributed by atoms with Crippen molar-refractivity contribution >= 4 is 67.0 Å². The average molecular weight is 980 g/mol. The Kier molecular flexibility index (Phi) is 16.6. The number of carbonyl (C=O) groups excluding carboxylic acids is 4. The standard InChI is InChI=1S/C49H65Cl3O12Si/c1-28(2)65(29(3)4,30(5)6)64-37-24-48(57)43(63-44(55)35-21-17-14-18-22-35)40-31(7)36(60-27-58-25-34-19-15-13-16-20-34)23-38(62-45(56)59-26-49(50,51)52)47(40,12)42(54)41(61-33(9)53)39(32(37)8)46(48,10)11/h13-22,28-30,36-38,40-41,43,57H,7,23-27H2,1-6,8-12H3/t36-,37+,38+,40+,41-,43+,47-,48-/m1/s1. The molecule has 0 spiro atoms. The molecule has 358 valence electrons. The van der Waals surface area contributed by atoms with Gasteiger partial charge in [0.2, 0.25) is 12.1 Å². The van der Waals surface area contributed by atoms with Gasteiger partial charge in [0.1, 0.15) is 31.2 Å². The van der Waals surface area contributed by atoms with Gasteiger partial charge in [0.25, 0.3) is 0 Å². The van der Waals surface area contributed by atoms with Gasteiger partial charge in [0, 0.05) is 31.1 Å². The molecule has 2 aromatic carbocycles. The molecule has 3 aliphatic carbocycles. The number of hydrogen-bond donors (Lipinski definition) is 1. The zero-order valence-corrected chi connectivity index (χ0v) is 42.6. The Balaban J connectivity index is 1.79. The number of carbonyl (C=O) groups is 4. The smallest absolute Gasteiger partial charge is 0.455 e. The maximum absolute atomic E-state index is 16.1. The summed E-state index contributed by atoms with van der Waals surface area (Å²) >= 11 is 17.8. The van der Waals surface area contributed by atoms with Crippen LogP contribution in [0.2, 0.25) is 16.6 Å². The summed E-state index contributed by atoms with van der Waals surface area (Å²) in [7, 11) is -2.76. The van der Waals surface area contributed by atoms with Crippen LogP contribution in [-0.2, 0) is 49.0 Å². The number of hydrogen-bond acceptors (Lipinski definition) is 12. The molecule has 5 rings (SSSR count). The Morgan fingerprint density at radius 2 is 1.45 bits per heavy atom. The molecule has 3 aliphatic rings. The van der Waals surface area contributed by atoms with E-state index in [-0.39, 0.29) is 59.6 Å². The molecule has 0 unspecified atom stereocenters. The number of fused-ring (bicyclic) bond motifs is 3. The van der Waals surface area contributed by atoms with Crippen LogP contribution in [0.4, 0.5) is 4.79 Å². The molecule has 0 saturated heterocycles. The fourth-order valence-corrected chi connectivity index (χ4v) is 16.7. The lowest BCUT2D eigenvalue weighted by Gasteiger charge is -2.62. The van der Waals surface area contributed by atoms with Crippen LogP contribution in [0, 0.1) is 16.7 Å². The van der Waals surface area contributed by atoms with Crippen molar-refractivity contribution in [2.45, 2.75) is 152 Å². The molecule has 2 bridgehead atoms. The predicted octanol–water partition coefficient (Wildman–Crippen LogP) is 10.8. The normalized spacial score (nSPS) is 28.1. The number of alkyl halides is 3. The van der Waals surface area contributed by atoms with Crippen LogP contribution in [0.3, 0.4) is 0 Å². The van der Waals surface area contributed by atoms with Crippen LogP contribution in [0.25, 0.3) is 0 Å². The molecule has 2 saturated carbocycles. The average Bonchev–Trinajstić information content (AvgIpc) is 3.22. The van der Waals surface area contributed by atoms with E-state index in [1.807, 2.05) is 37.3 Å². The number of esters is 2. The second kappa shape index (κ2) is 20.5. The third kappa shape index (κ3) is 10.6. The van der Waals surface area contributed by atoms with Crippen molar-refractivity contribution in [3.63, 3.8) is 0 Å². The van der Waals surface area contributed by atoms with Gasteiger partial charge >= 0.3 is 18.1 Å². The van der Waals surface area contributed by atoms with Gasteiger partial charge in [-0.3, -0.25) is 9.59 Å². The van der Waals surface area contributed by atoms with E-state index in [0.717, 1.165) is 5.56 Å². The maximum atomic E-state index is 16.1. The van der Waals surface area contributed by atoms with Crippen LogP contribution in [0.5, 0.6) is 0 Å². The van der Waals surface area contributed by atoms with Gasteiger partial charge in [-0.2, -0.15) is 0 Å². The molecule has 65 heavy (non-hydrogen) atoms. The van der Waals surface area contributed by atoms with Gasteiger partial charge in [-0.1, -0.05) is 145 Å². The fraction of sp³-hybridized carbons (Fsp3) is 0.592. The third-order valence-electron chi connectivity index (χ3n) is 14.2. The minimum atomic E-state index is -2.76. The highest BCUT2D eigenvalue weighted by Crippen LogP contribution is 2.62. The summed E-state index contributed by atoms with van der Waals surface area (Å²) < 4.78 is 41.8. The zero-order valence-electron chi connectivity index (χ0n) is 39.3. The molecule has 16 heteroatoms. The Hall–Kier alpha value is -3.27. The van der Waals surface area contributed by atoms with Crippen LogP contribution in [0.15, 0.2) is 84.0 Å². The van der Waals surface area contributed by atoms with E-state index < -0.39 is 95.5 Å². The number of aliphatic hydroxyl groups is 1. The van der Waals surface area contributed by atoms with Gasteiger partial charge in [0.15, 0.2) is 11.9 Å². The molecule has 0 aromatic heterocycles. The van der Waals surface area contributed by atoms with Crippen molar-refractivity contribution in [1.82, 2.24) is 0 Å². The number of halogens is 3. The first kappa shape index (κ1) is 52.7. The maximum Gasteiger partial charge on any atom is 0.508 e. The lowest BCUT2D eigenvalue weighted by atomic mass is 9.47. The number of ether oxygens (including phenoxy) is 6. The van der Waals surface area contributed by atoms with Crippen molar-refractivity contribution < 1.29 is 57.1 Å². The van der Waals surface area contributed by atoms with Crippen molar-refractivity contribution in [2.24, 2.45) is 16.7 Å². The predicted molar refractivity (Wildman–Crippen MR) is 251 cm³/mol. The van der Waals surface area contributed by atoms with Crippen LogP contribution in [-0.4, -0.2) is 90.6 Å². The molecular weight excluding hydrogens is 915 g/mol. The lowest BCUT2D eigenvalue weighted by molar-refractivity contribution is -0.221. The molecule has 12 nitrogen and oxygen atoms in total.